The van der Waals surface area contributed by atoms with E-state index in [1.54, 1.807) is 14.2 Å². The summed E-state index contributed by atoms with van der Waals surface area (Å²) in [5, 5.41) is 11.2. The first-order valence-electron chi connectivity index (χ1n) is 9.70. The zero-order valence-electron chi connectivity index (χ0n) is 16.6. The Morgan fingerprint density at radius 3 is 2.52 bits per heavy atom. The zero-order chi connectivity index (χ0) is 20.4. The zero-order valence-corrected chi connectivity index (χ0v) is 17.4. The molecule has 1 aromatic heterocycles. The number of pyridine rings is 1. The summed E-state index contributed by atoms with van der Waals surface area (Å²) in [4.78, 5) is 16.3. The quantitative estimate of drug-likeness (QED) is 0.652. The molecule has 0 amide bonds. The van der Waals surface area contributed by atoms with Crippen molar-refractivity contribution in [1.82, 2.24) is 4.57 Å². The Labute approximate surface area is 174 Å². The Hall–Kier alpha value is -2.91. The van der Waals surface area contributed by atoms with Gasteiger partial charge in [-0.25, -0.2) is 0 Å². The molecule has 4 rings (SSSR count). The highest BCUT2D eigenvalue weighted by Gasteiger charge is 2.26. The van der Waals surface area contributed by atoms with Crippen molar-refractivity contribution in [1.29, 1.82) is 5.26 Å². The number of fused-ring (bicyclic) bond motifs is 1. The first-order chi connectivity index (χ1) is 14.1. The van der Waals surface area contributed by atoms with Crippen molar-refractivity contribution in [2.24, 2.45) is 7.05 Å². The van der Waals surface area contributed by atoms with Crippen LogP contribution in [0.5, 0.6) is 5.75 Å². The Morgan fingerprint density at radius 1 is 1.14 bits per heavy atom. The van der Waals surface area contributed by atoms with E-state index in [0.717, 1.165) is 42.5 Å². The molecule has 0 aliphatic carbocycles. The predicted molar refractivity (Wildman–Crippen MR) is 118 cm³/mol. The second-order valence-electron chi connectivity index (χ2n) is 7.20. The standard InChI is InChI=1S/C23H23N3O2S/c1-25-21-14-16(28-2)8-9-19(21)22(20(15-24)23(25)27)26-12-10-18(11-13-26)29-17-6-4-3-5-7-17/h3-9,14,18H,10-13H2,1-2H3. The van der Waals surface area contributed by atoms with Crippen molar-refractivity contribution >= 4 is 28.4 Å². The number of aromatic nitrogens is 1. The van der Waals surface area contributed by atoms with Crippen molar-refractivity contribution in [2.45, 2.75) is 23.0 Å². The van der Waals surface area contributed by atoms with Crippen LogP contribution in [0.2, 0.25) is 0 Å². The monoisotopic (exact) mass is 405 g/mol. The van der Waals surface area contributed by atoms with Gasteiger partial charge in [0.25, 0.3) is 5.56 Å². The van der Waals surface area contributed by atoms with E-state index in [4.69, 9.17) is 4.74 Å². The maximum Gasteiger partial charge on any atom is 0.270 e. The highest BCUT2D eigenvalue weighted by atomic mass is 32.2. The normalized spacial score (nSPS) is 14.7. The first kappa shape index (κ1) is 19.4. The highest BCUT2D eigenvalue weighted by molar-refractivity contribution is 8.00. The van der Waals surface area contributed by atoms with Gasteiger partial charge >= 0.3 is 0 Å². The van der Waals surface area contributed by atoms with Crippen molar-refractivity contribution < 1.29 is 4.74 Å². The molecule has 3 aromatic rings. The molecule has 0 atom stereocenters. The Kier molecular flexibility index (Phi) is 5.50. The maximum atomic E-state index is 12.9. The number of nitrogens with zero attached hydrogens (tertiary/aromatic N) is 3. The number of thioether (sulfide) groups is 1. The minimum absolute atomic E-state index is 0.222. The van der Waals surface area contributed by atoms with Crippen molar-refractivity contribution in [3.8, 4) is 11.8 Å². The van der Waals surface area contributed by atoms with Gasteiger partial charge in [-0.2, -0.15) is 5.26 Å². The van der Waals surface area contributed by atoms with Crippen LogP contribution in [0.25, 0.3) is 10.9 Å². The molecule has 1 aliphatic rings. The van der Waals surface area contributed by atoms with Crippen LogP contribution in [0.4, 0.5) is 5.69 Å². The van der Waals surface area contributed by atoms with Crippen LogP contribution in [0, 0.1) is 11.3 Å². The van der Waals surface area contributed by atoms with E-state index in [9.17, 15) is 10.1 Å². The molecule has 1 aliphatic heterocycles. The van der Waals surface area contributed by atoms with Crippen LogP contribution < -0.4 is 15.2 Å². The number of aryl methyl sites for hydroxylation is 1. The van der Waals surface area contributed by atoms with Gasteiger partial charge in [0.2, 0.25) is 0 Å². The lowest BCUT2D eigenvalue weighted by Crippen LogP contribution is -2.37. The van der Waals surface area contributed by atoms with Crippen LogP contribution >= 0.6 is 11.8 Å². The molecule has 0 bridgehead atoms. The summed E-state index contributed by atoms with van der Waals surface area (Å²) in [7, 11) is 3.32. The lowest BCUT2D eigenvalue weighted by molar-refractivity contribution is 0.415. The SMILES string of the molecule is COc1ccc2c(N3CCC(Sc4ccccc4)CC3)c(C#N)c(=O)n(C)c2c1. The van der Waals surface area contributed by atoms with E-state index in [1.165, 1.54) is 9.46 Å². The lowest BCUT2D eigenvalue weighted by atomic mass is 10.0. The molecule has 0 saturated carbocycles. The number of hydrogen-bond acceptors (Lipinski definition) is 5. The van der Waals surface area contributed by atoms with Crippen LogP contribution in [-0.4, -0.2) is 30.0 Å². The lowest BCUT2D eigenvalue weighted by Gasteiger charge is -2.34. The highest BCUT2D eigenvalue weighted by Crippen LogP contribution is 2.36. The van der Waals surface area contributed by atoms with Gasteiger partial charge in [0.05, 0.1) is 18.3 Å². The van der Waals surface area contributed by atoms with Crippen LogP contribution in [0.1, 0.15) is 18.4 Å². The number of benzene rings is 2. The molecular weight excluding hydrogens is 382 g/mol. The Morgan fingerprint density at radius 2 is 1.86 bits per heavy atom. The molecule has 2 heterocycles. The topological polar surface area (TPSA) is 58.3 Å². The minimum atomic E-state index is -0.260. The van der Waals surface area contributed by atoms with E-state index < -0.39 is 0 Å². The summed E-state index contributed by atoms with van der Waals surface area (Å²) in [6, 6.07) is 18.3. The number of nitriles is 1. The molecule has 2 aromatic carbocycles. The summed E-state index contributed by atoms with van der Waals surface area (Å²) in [5.41, 5.74) is 1.50. The second-order valence-corrected chi connectivity index (χ2v) is 8.57. The second kappa shape index (κ2) is 8.22. The van der Waals surface area contributed by atoms with Gasteiger partial charge < -0.3 is 14.2 Å². The minimum Gasteiger partial charge on any atom is -0.497 e. The van der Waals surface area contributed by atoms with Crippen LogP contribution in [-0.2, 0) is 7.05 Å². The van der Waals surface area contributed by atoms with Crippen molar-refractivity contribution in [3.63, 3.8) is 0 Å². The molecule has 29 heavy (non-hydrogen) atoms. The average Bonchev–Trinajstić information content (AvgIpc) is 2.77. The predicted octanol–water partition coefficient (Wildman–Crippen LogP) is 4.18. The molecule has 1 saturated heterocycles. The summed E-state index contributed by atoms with van der Waals surface area (Å²) in [5.74, 6) is 0.695. The molecular formula is C23H23N3O2S. The van der Waals surface area contributed by atoms with Gasteiger partial charge in [-0.05, 0) is 37.1 Å². The number of methoxy groups -OCH3 is 1. The van der Waals surface area contributed by atoms with Gasteiger partial charge in [0.1, 0.15) is 17.4 Å². The fourth-order valence-corrected chi connectivity index (χ4v) is 5.09. The Bertz CT molecular complexity index is 1130. The number of anilines is 1. The molecule has 1 fully saturated rings. The smallest absolute Gasteiger partial charge is 0.270 e. The third kappa shape index (κ3) is 3.70. The summed E-state index contributed by atoms with van der Waals surface area (Å²) in [6.45, 7) is 1.65. The molecule has 0 N–H and O–H groups in total. The van der Waals surface area contributed by atoms with Gasteiger partial charge in [-0.1, -0.05) is 18.2 Å². The third-order valence-electron chi connectivity index (χ3n) is 5.49. The van der Waals surface area contributed by atoms with Crippen LogP contribution in [0.3, 0.4) is 0 Å². The van der Waals surface area contributed by atoms with Gasteiger partial charge in [-0.3, -0.25) is 4.79 Å². The fraction of sp³-hybridized carbons (Fsp3) is 0.304. The number of piperidine rings is 1. The maximum absolute atomic E-state index is 12.9. The Balaban J connectivity index is 1.66. The van der Waals surface area contributed by atoms with E-state index >= 15 is 0 Å². The van der Waals surface area contributed by atoms with Crippen molar-refractivity contribution in [3.05, 3.63) is 64.4 Å². The first-order valence-corrected chi connectivity index (χ1v) is 10.6. The van der Waals surface area contributed by atoms with E-state index in [-0.39, 0.29) is 11.1 Å². The van der Waals surface area contributed by atoms with Gasteiger partial charge in [0, 0.05) is 41.7 Å². The van der Waals surface area contributed by atoms with Crippen molar-refractivity contribution in [2.75, 3.05) is 25.1 Å². The number of rotatable bonds is 4. The van der Waals surface area contributed by atoms with Gasteiger partial charge in [-0.15, -0.1) is 11.8 Å². The summed E-state index contributed by atoms with van der Waals surface area (Å²) in [6.07, 6.45) is 2.02. The molecule has 0 spiro atoms. The third-order valence-corrected chi connectivity index (χ3v) is 6.84. The van der Waals surface area contributed by atoms with E-state index in [2.05, 4.69) is 35.2 Å². The van der Waals surface area contributed by atoms with E-state index in [0.29, 0.717) is 11.0 Å². The molecule has 0 unspecified atom stereocenters. The molecule has 6 heteroatoms. The average molecular weight is 406 g/mol. The molecule has 0 radical (unpaired) electrons. The fourth-order valence-electron chi connectivity index (χ4n) is 3.95. The largest absolute Gasteiger partial charge is 0.497 e. The summed E-state index contributed by atoms with van der Waals surface area (Å²) >= 11 is 1.91. The summed E-state index contributed by atoms with van der Waals surface area (Å²) < 4.78 is 6.87. The number of ether oxygens (including phenoxy) is 1. The van der Waals surface area contributed by atoms with Gasteiger partial charge in [0.15, 0.2) is 0 Å². The molecule has 5 nitrogen and oxygen atoms in total. The molecule has 148 valence electrons. The van der Waals surface area contributed by atoms with E-state index in [1.807, 2.05) is 36.0 Å². The number of hydrogen-bond donors (Lipinski definition) is 0. The van der Waals surface area contributed by atoms with Crippen LogP contribution in [0.15, 0.2) is 58.2 Å².